The summed E-state index contributed by atoms with van der Waals surface area (Å²) >= 11 is 0. The van der Waals surface area contributed by atoms with Gasteiger partial charge in [0.25, 0.3) is 5.91 Å². The number of imide groups is 1. The molecule has 0 aromatic carbocycles. The van der Waals surface area contributed by atoms with Crippen molar-refractivity contribution >= 4 is 11.9 Å². The van der Waals surface area contributed by atoms with Crippen LogP contribution in [0.4, 0.5) is 4.79 Å². The maximum atomic E-state index is 11.9. The average Bonchev–Trinajstić information content (AvgIpc) is 2.76. The molecule has 2 aliphatic rings. The maximum Gasteiger partial charge on any atom is 0.325 e. The molecule has 3 amide bonds. The van der Waals surface area contributed by atoms with Crippen LogP contribution in [0.15, 0.2) is 0 Å². The fourth-order valence-electron chi connectivity index (χ4n) is 1.88. The summed E-state index contributed by atoms with van der Waals surface area (Å²) in [5.41, 5.74) is -0.412. The van der Waals surface area contributed by atoms with Crippen LogP contribution in [0.1, 0.15) is 33.6 Å². The lowest BCUT2D eigenvalue weighted by atomic mass is 10.1. The van der Waals surface area contributed by atoms with Crippen LogP contribution in [0.2, 0.25) is 0 Å². The Morgan fingerprint density at radius 2 is 1.86 bits per heavy atom. The summed E-state index contributed by atoms with van der Waals surface area (Å²) in [6, 6.07) is -0.485. The number of hydrogen-bond acceptors (Lipinski definition) is 2. The topological polar surface area (TPSA) is 49.4 Å². The highest BCUT2D eigenvalue weighted by Crippen LogP contribution is 2.36. The average molecular weight is 196 g/mol. The van der Waals surface area contributed by atoms with Gasteiger partial charge in [-0.25, -0.2) is 4.79 Å². The molecule has 1 aliphatic heterocycles. The lowest BCUT2D eigenvalue weighted by Gasteiger charge is -2.28. The second kappa shape index (κ2) is 2.72. The van der Waals surface area contributed by atoms with Crippen LogP contribution >= 0.6 is 0 Å². The molecule has 1 heterocycles. The molecule has 78 valence electrons. The van der Waals surface area contributed by atoms with Gasteiger partial charge in [0, 0.05) is 5.54 Å². The molecule has 4 heteroatoms. The molecule has 1 N–H and O–H groups in total. The molecule has 1 saturated carbocycles. The molecule has 0 aromatic heterocycles. The van der Waals surface area contributed by atoms with E-state index in [9.17, 15) is 9.59 Å². The van der Waals surface area contributed by atoms with Gasteiger partial charge in [-0.2, -0.15) is 0 Å². The minimum Gasteiger partial charge on any atom is -0.325 e. The molecule has 1 unspecified atom stereocenters. The highest BCUT2D eigenvalue weighted by atomic mass is 16.2. The Bertz CT molecular complexity index is 289. The second-order valence-corrected chi connectivity index (χ2v) is 5.11. The fraction of sp³-hybridized carbons (Fsp3) is 0.800. The van der Waals surface area contributed by atoms with E-state index < -0.39 is 5.54 Å². The summed E-state index contributed by atoms with van der Waals surface area (Å²) in [6.45, 7) is 5.62. The van der Waals surface area contributed by atoms with Crippen LogP contribution < -0.4 is 5.32 Å². The Morgan fingerprint density at radius 1 is 1.29 bits per heavy atom. The lowest BCUT2D eigenvalue weighted by Crippen LogP contribution is -2.46. The zero-order valence-electron chi connectivity index (χ0n) is 8.83. The number of carbonyl (C=O) groups is 2. The molecule has 1 saturated heterocycles. The minimum absolute atomic E-state index is 0.0509. The van der Waals surface area contributed by atoms with Gasteiger partial charge in [-0.3, -0.25) is 9.69 Å². The smallest absolute Gasteiger partial charge is 0.325 e. The molecule has 0 bridgehead atoms. The van der Waals surface area contributed by atoms with Crippen molar-refractivity contribution in [3.05, 3.63) is 0 Å². The molecule has 14 heavy (non-hydrogen) atoms. The van der Waals surface area contributed by atoms with Gasteiger partial charge >= 0.3 is 6.03 Å². The number of amides is 3. The lowest BCUT2D eigenvalue weighted by molar-refractivity contribution is -0.131. The minimum atomic E-state index is -0.412. The second-order valence-electron chi connectivity index (χ2n) is 5.11. The van der Waals surface area contributed by atoms with E-state index in [2.05, 4.69) is 5.32 Å². The summed E-state index contributed by atoms with van der Waals surface area (Å²) in [4.78, 5) is 24.8. The molecule has 1 aliphatic carbocycles. The van der Waals surface area contributed by atoms with Crippen LogP contribution in [-0.4, -0.2) is 28.4 Å². The van der Waals surface area contributed by atoms with E-state index in [1.807, 2.05) is 20.8 Å². The zero-order valence-corrected chi connectivity index (χ0v) is 8.83. The first-order chi connectivity index (χ1) is 6.41. The third-order valence-electron chi connectivity index (χ3n) is 2.73. The van der Waals surface area contributed by atoms with Gasteiger partial charge in [0.2, 0.25) is 0 Å². The van der Waals surface area contributed by atoms with Crippen LogP contribution in [0.25, 0.3) is 0 Å². The van der Waals surface area contributed by atoms with Crippen LogP contribution in [0.3, 0.4) is 0 Å². The summed E-state index contributed by atoms with van der Waals surface area (Å²) in [5.74, 6) is 0.337. The Morgan fingerprint density at radius 3 is 2.21 bits per heavy atom. The third kappa shape index (κ3) is 1.38. The number of nitrogens with zero attached hydrogens (tertiary/aromatic N) is 1. The van der Waals surface area contributed by atoms with Gasteiger partial charge < -0.3 is 5.32 Å². The SMILES string of the molecule is CC(C)(C)N1C(=O)NC(C2CC2)C1=O. The fourth-order valence-corrected chi connectivity index (χ4v) is 1.88. The van der Waals surface area contributed by atoms with E-state index in [0.717, 1.165) is 12.8 Å². The van der Waals surface area contributed by atoms with E-state index in [4.69, 9.17) is 0 Å². The molecule has 0 radical (unpaired) electrons. The van der Waals surface area contributed by atoms with Crippen LogP contribution in [0.5, 0.6) is 0 Å². The highest BCUT2D eigenvalue weighted by Gasteiger charge is 2.49. The van der Waals surface area contributed by atoms with Gasteiger partial charge in [0.1, 0.15) is 6.04 Å². The molecular formula is C10H16N2O2. The molecule has 0 spiro atoms. The Hall–Kier alpha value is -1.06. The number of nitrogens with one attached hydrogen (secondary N) is 1. The maximum absolute atomic E-state index is 11.9. The van der Waals surface area contributed by atoms with Crippen molar-refractivity contribution in [2.24, 2.45) is 5.92 Å². The molecule has 1 atom stereocenters. The molecule has 2 fully saturated rings. The first kappa shape index (κ1) is 9.49. The monoisotopic (exact) mass is 196 g/mol. The van der Waals surface area contributed by atoms with Crippen molar-refractivity contribution in [2.45, 2.75) is 45.2 Å². The predicted molar refractivity (Wildman–Crippen MR) is 51.6 cm³/mol. The quantitative estimate of drug-likeness (QED) is 0.639. The van der Waals surface area contributed by atoms with Crippen molar-refractivity contribution in [1.29, 1.82) is 0 Å². The first-order valence-electron chi connectivity index (χ1n) is 5.06. The number of urea groups is 1. The van der Waals surface area contributed by atoms with Crippen molar-refractivity contribution in [1.82, 2.24) is 10.2 Å². The Kier molecular flexibility index (Phi) is 1.84. The van der Waals surface area contributed by atoms with Crippen molar-refractivity contribution in [2.75, 3.05) is 0 Å². The largest absolute Gasteiger partial charge is 0.325 e. The molecule has 0 aromatic rings. The van der Waals surface area contributed by atoms with Crippen LogP contribution in [0, 0.1) is 5.92 Å². The first-order valence-corrected chi connectivity index (χ1v) is 5.06. The van der Waals surface area contributed by atoms with E-state index in [0.29, 0.717) is 5.92 Å². The van der Waals surface area contributed by atoms with E-state index >= 15 is 0 Å². The third-order valence-corrected chi connectivity index (χ3v) is 2.73. The van der Waals surface area contributed by atoms with E-state index in [-0.39, 0.29) is 18.0 Å². The molecular weight excluding hydrogens is 180 g/mol. The number of rotatable bonds is 1. The van der Waals surface area contributed by atoms with Crippen molar-refractivity contribution in [3.63, 3.8) is 0 Å². The van der Waals surface area contributed by atoms with Crippen LogP contribution in [-0.2, 0) is 4.79 Å². The highest BCUT2D eigenvalue weighted by molar-refractivity contribution is 6.05. The molecule has 2 rings (SSSR count). The predicted octanol–water partition coefficient (Wildman–Crippen LogP) is 1.12. The van der Waals surface area contributed by atoms with Gasteiger partial charge in [-0.1, -0.05) is 0 Å². The van der Waals surface area contributed by atoms with Gasteiger partial charge in [0.15, 0.2) is 0 Å². The van der Waals surface area contributed by atoms with Gasteiger partial charge in [-0.05, 0) is 39.5 Å². The number of hydrogen-bond donors (Lipinski definition) is 1. The summed E-state index contributed by atoms with van der Waals surface area (Å²) in [7, 11) is 0. The van der Waals surface area contributed by atoms with Crippen molar-refractivity contribution < 1.29 is 9.59 Å². The summed E-state index contributed by atoms with van der Waals surface area (Å²) in [5, 5.41) is 2.76. The Labute approximate surface area is 83.6 Å². The normalized spacial score (nSPS) is 28.2. The molecule has 4 nitrogen and oxygen atoms in total. The number of carbonyl (C=O) groups excluding carboxylic acids is 2. The van der Waals surface area contributed by atoms with E-state index in [1.165, 1.54) is 4.90 Å². The summed E-state index contributed by atoms with van der Waals surface area (Å²) in [6.07, 6.45) is 2.13. The standard InChI is InChI=1S/C10H16N2O2/c1-10(2,3)12-8(13)7(6-4-5-6)11-9(12)14/h6-7H,4-5H2,1-3H3,(H,11,14). The van der Waals surface area contributed by atoms with E-state index in [1.54, 1.807) is 0 Å². The van der Waals surface area contributed by atoms with Gasteiger partial charge in [0.05, 0.1) is 0 Å². The summed E-state index contributed by atoms with van der Waals surface area (Å²) < 4.78 is 0. The Balaban J connectivity index is 2.19. The zero-order chi connectivity index (χ0) is 10.5. The van der Waals surface area contributed by atoms with Crippen molar-refractivity contribution in [3.8, 4) is 0 Å². The van der Waals surface area contributed by atoms with Gasteiger partial charge in [-0.15, -0.1) is 0 Å².